The monoisotopic (exact) mass is 424 g/mol. The number of para-hydroxylation sites is 1. The Balaban J connectivity index is 1.52. The van der Waals surface area contributed by atoms with Crippen molar-refractivity contribution in [3.63, 3.8) is 0 Å². The highest BCUT2D eigenvalue weighted by Crippen LogP contribution is 2.35. The van der Waals surface area contributed by atoms with Crippen LogP contribution in [0.5, 0.6) is 0 Å². The summed E-state index contributed by atoms with van der Waals surface area (Å²) in [6.45, 7) is -0.458. The molecule has 1 aromatic carbocycles. The number of anilines is 2. The van der Waals surface area contributed by atoms with Crippen molar-refractivity contribution < 1.29 is 20.1 Å². The molecule has 7 N–H and O–H groups in total. The number of nitrogens with zero attached hydrogens (tertiary/aromatic N) is 5. The lowest BCUT2D eigenvalue weighted by atomic mass is 10.1. The molecule has 4 atom stereocenters. The Morgan fingerprint density at radius 1 is 1.26 bits per heavy atom. The molecule has 0 bridgehead atoms. The van der Waals surface area contributed by atoms with Crippen molar-refractivity contribution in [3.05, 3.63) is 42.4 Å². The van der Waals surface area contributed by atoms with Crippen molar-refractivity contribution in [2.24, 2.45) is 5.10 Å². The van der Waals surface area contributed by atoms with E-state index in [0.29, 0.717) is 0 Å². The van der Waals surface area contributed by atoms with Crippen molar-refractivity contribution in [3.8, 4) is 0 Å². The molecule has 3 aromatic heterocycles. The van der Waals surface area contributed by atoms with E-state index in [2.05, 4.69) is 30.5 Å². The molecule has 1 aliphatic heterocycles. The van der Waals surface area contributed by atoms with Crippen molar-refractivity contribution in [1.82, 2.24) is 24.5 Å². The van der Waals surface area contributed by atoms with E-state index in [0.717, 1.165) is 16.5 Å². The molecule has 1 fully saturated rings. The third kappa shape index (κ3) is 3.18. The molecule has 0 aliphatic carbocycles. The number of nitrogens with one attached hydrogen (secondary N) is 2. The number of nitrogen functional groups attached to an aromatic ring is 1. The molecule has 0 amide bonds. The zero-order valence-electron chi connectivity index (χ0n) is 16.1. The molecule has 0 saturated carbocycles. The largest absolute Gasteiger partial charge is 0.394 e. The molecule has 0 radical (unpaired) electrons. The zero-order chi connectivity index (χ0) is 21.5. The normalized spacial score (nSPS) is 24.0. The fourth-order valence-electron chi connectivity index (χ4n) is 3.70. The number of aliphatic hydroxyl groups excluding tert-OH is 3. The fraction of sp³-hybridized carbons (Fsp3) is 0.263. The van der Waals surface area contributed by atoms with Crippen LogP contribution in [0.2, 0.25) is 0 Å². The summed E-state index contributed by atoms with van der Waals surface area (Å²) in [6, 6.07) is 7.80. The number of aromatic amines is 1. The molecule has 0 spiro atoms. The highest BCUT2D eigenvalue weighted by Gasteiger charge is 2.45. The minimum absolute atomic E-state index is 0.138. The summed E-state index contributed by atoms with van der Waals surface area (Å²) < 4.78 is 7.09. The first-order valence-electron chi connectivity index (χ1n) is 9.54. The second-order valence-corrected chi connectivity index (χ2v) is 7.12. The maximum Gasteiger partial charge on any atom is 0.228 e. The van der Waals surface area contributed by atoms with E-state index in [1.165, 1.54) is 10.9 Å². The number of H-pyrrole nitrogens is 1. The van der Waals surface area contributed by atoms with Gasteiger partial charge in [-0.25, -0.2) is 20.4 Å². The number of rotatable bonds is 5. The Hall–Kier alpha value is -3.58. The highest BCUT2D eigenvalue weighted by atomic mass is 16.6. The topological polar surface area (TPSA) is 180 Å². The van der Waals surface area contributed by atoms with E-state index in [9.17, 15) is 15.3 Å². The summed E-state index contributed by atoms with van der Waals surface area (Å²) in [6.07, 6.45) is 0.0637. The molecule has 4 unspecified atom stereocenters. The number of hydrazone groups is 1. The van der Waals surface area contributed by atoms with Gasteiger partial charge in [0.05, 0.1) is 12.8 Å². The van der Waals surface area contributed by atoms with Gasteiger partial charge in [0.2, 0.25) is 5.95 Å². The van der Waals surface area contributed by atoms with Gasteiger partial charge in [0, 0.05) is 22.7 Å². The van der Waals surface area contributed by atoms with E-state index >= 15 is 0 Å². The van der Waals surface area contributed by atoms with Crippen molar-refractivity contribution >= 4 is 40.0 Å². The van der Waals surface area contributed by atoms with Crippen molar-refractivity contribution in [1.29, 1.82) is 0 Å². The van der Waals surface area contributed by atoms with Crippen LogP contribution >= 0.6 is 0 Å². The first-order chi connectivity index (χ1) is 15.1. The van der Waals surface area contributed by atoms with Crippen LogP contribution in [0.25, 0.3) is 22.1 Å². The molecular formula is C19H20N8O4. The Morgan fingerprint density at radius 3 is 2.90 bits per heavy atom. The predicted octanol–water partition coefficient (Wildman–Crippen LogP) is -0.0527. The first-order valence-corrected chi connectivity index (χ1v) is 9.54. The van der Waals surface area contributed by atoms with Gasteiger partial charge in [-0.1, -0.05) is 18.2 Å². The van der Waals surface area contributed by atoms with Crippen molar-refractivity contribution in [2.75, 3.05) is 17.8 Å². The number of nitrogens with two attached hydrogens (primary N) is 1. The number of aromatic nitrogens is 5. The Bertz CT molecular complexity index is 1270. The summed E-state index contributed by atoms with van der Waals surface area (Å²) in [5.74, 6) is 0.312. The van der Waals surface area contributed by atoms with E-state index in [1.54, 1.807) is 6.21 Å². The summed E-state index contributed by atoms with van der Waals surface area (Å²) in [4.78, 5) is 15.7. The van der Waals surface area contributed by atoms with E-state index in [-0.39, 0.29) is 22.9 Å². The highest BCUT2D eigenvalue weighted by molar-refractivity contribution is 5.99. The number of benzene rings is 1. The molecule has 5 rings (SSSR count). The van der Waals surface area contributed by atoms with Crippen LogP contribution in [0.4, 0.5) is 11.8 Å². The number of imidazole rings is 1. The van der Waals surface area contributed by atoms with Crippen molar-refractivity contribution in [2.45, 2.75) is 24.5 Å². The minimum atomic E-state index is -1.33. The van der Waals surface area contributed by atoms with E-state index < -0.39 is 31.1 Å². The smallest absolute Gasteiger partial charge is 0.228 e. The second kappa shape index (κ2) is 7.59. The lowest BCUT2D eigenvalue weighted by Gasteiger charge is -2.18. The van der Waals surface area contributed by atoms with Gasteiger partial charge in [0.25, 0.3) is 0 Å². The SMILES string of the molecule is Nc1ncnc2c1nc(NN=Cc1c[nH]c3ccccc13)n2C1OC(CO)C(O)C1O. The Kier molecular flexibility index (Phi) is 4.75. The van der Waals surface area contributed by atoms with Gasteiger partial charge >= 0.3 is 0 Å². The quantitative estimate of drug-likeness (QED) is 0.189. The van der Waals surface area contributed by atoms with E-state index in [1.807, 2.05) is 30.5 Å². The van der Waals surface area contributed by atoms with Crippen LogP contribution in [0, 0.1) is 0 Å². The molecule has 4 aromatic rings. The summed E-state index contributed by atoms with van der Waals surface area (Å²) in [5.41, 5.74) is 11.2. The van der Waals surface area contributed by atoms with Gasteiger partial charge in [0.1, 0.15) is 24.6 Å². The summed E-state index contributed by atoms with van der Waals surface area (Å²) in [5, 5.41) is 35.3. The van der Waals surface area contributed by atoms with Gasteiger partial charge in [-0.3, -0.25) is 4.57 Å². The standard InChI is InChI=1S/C19H20N8O4/c20-16-13-17(23-8-22-16)27(18-15(30)14(29)12(7-28)31-18)19(25-13)26-24-6-9-5-21-11-4-2-1-3-10(9)11/h1-6,8,12,14-15,18,21,28-30H,7H2,(H,25,26)(H2,20,22,23). The molecule has 12 heteroatoms. The minimum Gasteiger partial charge on any atom is -0.394 e. The van der Waals surface area contributed by atoms with Crippen LogP contribution in [0.1, 0.15) is 11.8 Å². The Morgan fingerprint density at radius 2 is 2.10 bits per heavy atom. The van der Waals surface area contributed by atoms with Crippen LogP contribution < -0.4 is 11.2 Å². The molecule has 1 aliphatic rings. The third-order valence-corrected chi connectivity index (χ3v) is 5.27. The van der Waals surface area contributed by atoms with Crippen LogP contribution in [-0.2, 0) is 4.74 Å². The maximum absolute atomic E-state index is 10.5. The average Bonchev–Trinajstić information content (AvgIpc) is 3.44. The molecule has 1 saturated heterocycles. The summed E-state index contributed by atoms with van der Waals surface area (Å²) in [7, 11) is 0. The predicted molar refractivity (Wildman–Crippen MR) is 112 cm³/mol. The Labute approximate surface area is 175 Å². The lowest BCUT2D eigenvalue weighted by Crippen LogP contribution is -2.33. The molecular weight excluding hydrogens is 404 g/mol. The van der Waals surface area contributed by atoms with Gasteiger partial charge in [0.15, 0.2) is 23.2 Å². The number of aliphatic hydroxyl groups is 3. The van der Waals surface area contributed by atoms with Gasteiger partial charge in [-0.2, -0.15) is 5.10 Å². The maximum atomic E-state index is 10.5. The zero-order valence-corrected chi connectivity index (χ0v) is 16.1. The molecule has 160 valence electrons. The van der Waals surface area contributed by atoms with Crippen LogP contribution in [-0.4, -0.2) is 71.0 Å². The van der Waals surface area contributed by atoms with Gasteiger partial charge < -0.3 is 30.8 Å². The molecule has 31 heavy (non-hydrogen) atoms. The number of fused-ring (bicyclic) bond motifs is 2. The molecule has 4 heterocycles. The number of hydrogen-bond donors (Lipinski definition) is 6. The van der Waals surface area contributed by atoms with Crippen LogP contribution in [0.3, 0.4) is 0 Å². The average molecular weight is 424 g/mol. The second-order valence-electron chi connectivity index (χ2n) is 7.12. The third-order valence-electron chi connectivity index (χ3n) is 5.27. The van der Waals surface area contributed by atoms with E-state index in [4.69, 9.17) is 10.5 Å². The fourth-order valence-corrected chi connectivity index (χ4v) is 3.70. The number of hydrogen-bond acceptors (Lipinski definition) is 10. The van der Waals surface area contributed by atoms with Crippen LogP contribution in [0.15, 0.2) is 41.9 Å². The lowest BCUT2D eigenvalue weighted by molar-refractivity contribution is -0.0501. The van der Waals surface area contributed by atoms with Gasteiger partial charge in [-0.15, -0.1) is 0 Å². The first kappa shape index (κ1) is 19.4. The summed E-state index contributed by atoms with van der Waals surface area (Å²) >= 11 is 0. The number of ether oxygens (including phenoxy) is 1. The molecule has 12 nitrogen and oxygen atoms in total. The van der Waals surface area contributed by atoms with Gasteiger partial charge in [-0.05, 0) is 6.07 Å².